The van der Waals surface area contributed by atoms with Gasteiger partial charge in [-0.25, -0.2) is 0 Å². The average molecular weight is 378 g/mol. The maximum Gasteiger partial charge on any atom is 0.254 e. The van der Waals surface area contributed by atoms with Crippen LogP contribution in [0.15, 0.2) is 53.3 Å². The first-order chi connectivity index (χ1) is 13.6. The smallest absolute Gasteiger partial charge is 0.254 e. The number of nitrogens with zero attached hydrogens (tertiary/aromatic N) is 4. The summed E-state index contributed by atoms with van der Waals surface area (Å²) in [6.45, 7) is 1.36. The lowest BCUT2D eigenvalue weighted by Crippen LogP contribution is -2.36. The summed E-state index contributed by atoms with van der Waals surface area (Å²) in [6, 6.07) is 11.3. The molecule has 3 aromatic rings. The van der Waals surface area contributed by atoms with Crippen molar-refractivity contribution in [2.45, 2.75) is 19.6 Å². The van der Waals surface area contributed by atoms with Crippen LogP contribution in [0.5, 0.6) is 5.75 Å². The number of amides is 1. The van der Waals surface area contributed by atoms with Crippen LogP contribution in [0.3, 0.4) is 0 Å². The molecule has 1 amide bonds. The Hall–Kier alpha value is -3.35. The summed E-state index contributed by atoms with van der Waals surface area (Å²) >= 11 is 0. The molecule has 0 fully saturated rings. The predicted octanol–water partition coefficient (Wildman–Crippen LogP) is 2.91. The van der Waals surface area contributed by atoms with E-state index in [1.54, 1.807) is 12.4 Å². The lowest BCUT2D eigenvalue weighted by Gasteiger charge is -2.26. The largest absolute Gasteiger partial charge is 0.486 e. The number of rotatable bonds is 5. The molecule has 144 valence electrons. The minimum atomic E-state index is 0.0104. The van der Waals surface area contributed by atoms with Crippen LogP contribution in [-0.4, -0.2) is 41.6 Å². The summed E-state index contributed by atoms with van der Waals surface area (Å²) in [7, 11) is 3.95. The fraction of sp³-hybridized carbons (Fsp3) is 0.286. The quantitative estimate of drug-likeness (QED) is 0.680. The molecule has 1 aliphatic rings. The maximum absolute atomic E-state index is 12.9. The molecular formula is C21H22N4O3. The van der Waals surface area contributed by atoms with Crippen LogP contribution in [0.1, 0.15) is 27.4 Å². The number of hydrogen-bond acceptors (Lipinski definition) is 6. The van der Waals surface area contributed by atoms with Crippen molar-refractivity contribution in [1.29, 1.82) is 0 Å². The van der Waals surface area contributed by atoms with Gasteiger partial charge in [0.25, 0.3) is 5.91 Å². The number of ether oxygens (including phenoxy) is 1. The first-order valence-corrected chi connectivity index (χ1v) is 9.17. The highest BCUT2D eigenvalue weighted by molar-refractivity contribution is 5.94. The van der Waals surface area contributed by atoms with Crippen LogP contribution < -0.4 is 9.64 Å². The first kappa shape index (κ1) is 18.0. The van der Waals surface area contributed by atoms with Crippen LogP contribution >= 0.6 is 0 Å². The molecule has 0 saturated carbocycles. The van der Waals surface area contributed by atoms with E-state index in [0.29, 0.717) is 30.8 Å². The Morgan fingerprint density at radius 1 is 1.25 bits per heavy atom. The number of carbonyl (C=O) groups excluding carboxylic acids is 1. The molecule has 1 aliphatic heterocycles. The second kappa shape index (κ2) is 7.72. The van der Waals surface area contributed by atoms with Gasteiger partial charge in [-0.3, -0.25) is 9.78 Å². The molecule has 28 heavy (non-hydrogen) atoms. The molecule has 0 unspecified atom stereocenters. The number of aromatic nitrogens is 2. The van der Waals surface area contributed by atoms with E-state index in [1.807, 2.05) is 60.3 Å². The zero-order valence-corrected chi connectivity index (χ0v) is 16.0. The van der Waals surface area contributed by atoms with E-state index in [4.69, 9.17) is 9.26 Å². The highest BCUT2D eigenvalue weighted by atomic mass is 16.5. The molecule has 0 spiro atoms. The fourth-order valence-electron chi connectivity index (χ4n) is 3.22. The normalized spacial score (nSPS) is 13.1. The topological polar surface area (TPSA) is 71.7 Å². The summed E-state index contributed by atoms with van der Waals surface area (Å²) in [5.74, 6) is 1.51. The van der Waals surface area contributed by atoms with Gasteiger partial charge in [0.1, 0.15) is 23.8 Å². The van der Waals surface area contributed by atoms with Gasteiger partial charge in [0.15, 0.2) is 0 Å². The number of hydrogen-bond donors (Lipinski definition) is 0. The van der Waals surface area contributed by atoms with Crippen molar-refractivity contribution in [1.82, 2.24) is 15.0 Å². The molecule has 0 saturated heterocycles. The Morgan fingerprint density at radius 3 is 2.79 bits per heavy atom. The van der Waals surface area contributed by atoms with Crippen molar-refractivity contribution in [2.75, 3.05) is 25.5 Å². The summed E-state index contributed by atoms with van der Waals surface area (Å²) in [5, 5.41) is 4.15. The van der Waals surface area contributed by atoms with Gasteiger partial charge in [-0.2, -0.15) is 0 Å². The Bertz CT molecular complexity index is 952. The summed E-state index contributed by atoms with van der Waals surface area (Å²) in [5.41, 5.74) is 3.40. The van der Waals surface area contributed by atoms with Crippen molar-refractivity contribution < 1.29 is 14.1 Å². The number of anilines is 1. The highest BCUT2D eigenvalue weighted by Crippen LogP contribution is 2.25. The van der Waals surface area contributed by atoms with Crippen LogP contribution in [0.4, 0.5) is 5.69 Å². The number of carbonyl (C=O) groups is 1. The van der Waals surface area contributed by atoms with Crippen LogP contribution in [0.25, 0.3) is 0 Å². The number of benzene rings is 1. The van der Waals surface area contributed by atoms with E-state index in [9.17, 15) is 4.79 Å². The molecule has 0 bridgehead atoms. The molecule has 3 heterocycles. The molecule has 0 radical (unpaired) electrons. The van der Waals surface area contributed by atoms with E-state index < -0.39 is 0 Å². The third kappa shape index (κ3) is 3.69. The zero-order valence-electron chi connectivity index (χ0n) is 16.0. The molecule has 0 atom stereocenters. The fourth-order valence-corrected chi connectivity index (χ4v) is 3.22. The van der Waals surface area contributed by atoms with Gasteiger partial charge in [-0.15, -0.1) is 0 Å². The zero-order chi connectivity index (χ0) is 19.5. The third-order valence-corrected chi connectivity index (χ3v) is 4.84. The van der Waals surface area contributed by atoms with Crippen molar-refractivity contribution in [3.63, 3.8) is 0 Å². The standard InChI is InChI=1S/C21H22N4O3/c1-24(2)16-7-5-15(6-8-16)21(26)25-11-9-20-18(13-25)19(23-28-20)14-27-17-4-3-10-22-12-17/h3-8,10,12H,9,11,13-14H2,1-2H3. The average Bonchev–Trinajstić information content (AvgIpc) is 3.15. The van der Waals surface area contributed by atoms with Gasteiger partial charge in [-0.1, -0.05) is 5.16 Å². The minimum Gasteiger partial charge on any atom is -0.486 e. The predicted molar refractivity (Wildman–Crippen MR) is 104 cm³/mol. The molecule has 4 rings (SSSR count). The minimum absolute atomic E-state index is 0.0104. The molecule has 0 aliphatic carbocycles. The molecule has 7 heteroatoms. The second-order valence-corrected chi connectivity index (χ2v) is 6.93. The van der Waals surface area contributed by atoms with Crippen LogP contribution in [-0.2, 0) is 19.6 Å². The summed E-state index contributed by atoms with van der Waals surface area (Å²) < 4.78 is 11.2. The Kier molecular flexibility index (Phi) is 4.97. The van der Waals surface area contributed by atoms with E-state index in [1.165, 1.54) is 0 Å². The van der Waals surface area contributed by atoms with E-state index in [0.717, 1.165) is 22.7 Å². The summed E-state index contributed by atoms with van der Waals surface area (Å²) in [6.07, 6.45) is 4.00. The monoisotopic (exact) mass is 378 g/mol. The Labute approximate surface area is 163 Å². The van der Waals surface area contributed by atoms with Crippen LogP contribution in [0, 0.1) is 0 Å². The van der Waals surface area contributed by atoms with Gasteiger partial charge in [0, 0.05) is 50.1 Å². The molecular weight excluding hydrogens is 356 g/mol. The third-order valence-electron chi connectivity index (χ3n) is 4.84. The molecule has 0 N–H and O–H groups in total. The molecule has 1 aromatic carbocycles. The molecule has 7 nitrogen and oxygen atoms in total. The van der Waals surface area contributed by atoms with Crippen molar-refractivity contribution in [3.8, 4) is 5.75 Å². The van der Waals surface area contributed by atoms with Gasteiger partial charge >= 0.3 is 0 Å². The SMILES string of the molecule is CN(C)c1ccc(C(=O)N2CCc3onc(COc4cccnc4)c3C2)cc1. The Morgan fingerprint density at radius 2 is 2.07 bits per heavy atom. The first-order valence-electron chi connectivity index (χ1n) is 9.17. The number of fused-ring (bicyclic) bond motifs is 1. The van der Waals surface area contributed by atoms with Gasteiger partial charge in [0.2, 0.25) is 0 Å². The highest BCUT2D eigenvalue weighted by Gasteiger charge is 2.27. The lowest BCUT2D eigenvalue weighted by atomic mass is 10.0. The van der Waals surface area contributed by atoms with E-state index >= 15 is 0 Å². The van der Waals surface area contributed by atoms with E-state index in [-0.39, 0.29) is 12.5 Å². The van der Waals surface area contributed by atoms with Crippen molar-refractivity contribution in [2.24, 2.45) is 0 Å². The van der Waals surface area contributed by atoms with Gasteiger partial charge < -0.3 is 19.1 Å². The second-order valence-electron chi connectivity index (χ2n) is 6.93. The Balaban J connectivity index is 1.46. The maximum atomic E-state index is 12.9. The molecule has 2 aromatic heterocycles. The van der Waals surface area contributed by atoms with Gasteiger partial charge in [-0.05, 0) is 36.4 Å². The van der Waals surface area contributed by atoms with Gasteiger partial charge in [0.05, 0.1) is 12.7 Å². The van der Waals surface area contributed by atoms with Crippen molar-refractivity contribution in [3.05, 3.63) is 71.4 Å². The van der Waals surface area contributed by atoms with Crippen molar-refractivity contribution >= 4 is 11.6 Å². The van der Waals surface area contributed by atoms with E-state index in [2.05, 4.69) is 10.1 Å². The number of pyridine rings is 1. The summed E-state index contributed by atoms with van der Waals surface area (Å²) in [4.78, 5) is 20.8. The van der Waals surface area contributed by atoms with Crippen LogP contribution in [0.2, 0.25) is 0 Å². The lowest BCUT2D eigenvalue weighted by molar-refractivity contribution is 0.0728.